The number of carbonyl (C=O) groups is 1. The normalized spacial score (nSPS) is 20.1. The third-order valence-corrected chi connectivity index (χ3v) is 6.42. The van der Waals surface area contributed by atoms with Crippen LogP contribution in [0.3, 0.4) is 0 Å². The SMILES string of the molecule is CN=C(NCc1cccc(C(=O)N2CCCCC2)c1)NCC1CCCS1.I. The zero-order chi connectivity index (χ0) is 18.2. The molecule has 0 saturated carbocycles. The summed E-state index contributed by atoms with van der Waals surface area (Å²) in [7, 11) is 1.80. The molecule has 0 spiro atoms. The average molecular weight is 502 g/mol. The largest absolute Gasteiger partial charge is 0.355 e. The highest BCUT2D eigenvalue weighted by Crippen LogP contribution is 2.25. The van der Waals surface area contributed by atoms with E-state index in [1.54, 1.807) is 7.05 Å². The molecule has 0 bridgehead atoms. The second kappa shape index (κ2) is 11.8. The molecule has 2 saturated heterocycles. The minimum absolute atomic E-state index is 0. The van der Waals surface area contributed by atoms with Crippen LogP contribution in [-0.2, 0) is 6.54 Å². The first-order valence-electron chi connectivity index (χ1n) is 9.70. The molecule has 7 heteroatoms. The van der Waals surface area contributed by atoms with Crippen LogP contribution in [0.1, 0.15) is 48.0 Å². The minimum atomic E-state index is 0. The number of guanidine groups is 1. The van der Waals surface area contributed by atoms with E-state index < -0.39 is 0 Å². The Morgan fingerprint density at radius 2 is 2.04 bits per heavy atom. The fourth-order valence-corrected chi connectivity index (χ4v) is 4.72. The van der Waals surface area contributed by atoms with Gasteiger partial charge in [0.2, 0.25) is 0 Å². The van der Waals surface area contributed by atoms with E-state index in [-0.39, 0.29) is 29.9 Å². The Labute approximate surface area is 184 Å². The van der Waals surface area contributed by atoms with E-state index in [0.717, 1.165) is 49.6 Å². The number of nitrogens with one attached hydrogen (secondary N) is 2. The van der Waals surface area contributed by atoms with Gasteiger partial charge in [-0.2, -0.15) is 11.8 Å². The van der Waals surface area contributed by atoms with Crippen LogP contribution in [-0.4, -0.2) is 54.5 Å². The lowest BCUT2D eigenvalue weighted by atomic mass is 10.1. The topological polar surface area (TPSA) is 56.7 Å². The molecule has 5 nitrogen and oxygen atoms in total. The van der Waals surface area contributed by atoms with Gasteiger partial charge in [-0.15, -0.1) is 24.0 Å². The van der Waals surface area contributed by atoms with Gasteiger partial charge >= 0.3 is 0 Å². The van der Waals surface area contributed by atoms with E-state index >= 15 is 0 Å². The molecule has 1 unspecified atom stereocenters. The van der Waals surface area contributed by atoms with Crippen LogP contribution in [0.25, 0.3) is 0 Å². The zero-order valence-electron chi connectivity index (χ0n) is 16.1. The fourth-order valence-electron chi connectivity index (χ4n) is 3.52. The van der Waals surface area contributed by atoms with E-state index in [0.29, 0.717) is 11.8 Å². The van der Waals surface area contributed by atoms with Gasteiger partial charge in [-0.25, -0.2) is 0 Å². The highest BCUT2D eigenvalue weighted by atomic mass is 127. The van der Waals surface area contributed by atoms with Gasteiger partial charge in [-0.05, 0) is 55.6 Å². The predicted molar refractivity (Wildman–Crippen MR) is 125 cm³/mol. The van der Waals surface area contributed by atoms with Crippen LogP contribution in [0.5, 0.6) is 0 Å². The van der Waals surface area contributed by atoms with Crippen molar-refractivity contribution >= 4 is 47.6 Å². The molecule has 1 aromatic carbocycles. The molecule has 3 rings (SSSR count). The molecule has 2 aliphatic rings. The van der Waals surface area contributed by atoms with Crippen LogP contribution >= 0.6 is 35.7 Å². The Bertz CT molecular complexity index is 628. The van der Waals surface area contributed by atoms with Crippen molar-refractivity contribution in [2.45, 2.75) is 43.9 Å². The number of aliphatic imine (C=N–C) groups is 1. The number of likely N-dealkylation sites (tertiary alicyclic amines) is 1. The van der Waals surface area contributed by atoms with Crippen LogP contribution in [0, 0.1) is 0 Å². The highest BCUT2D eigenvalue weighted by Gasteiger charge is 2.18. The van der Waals surface area contributed by atoms with E-state index in [9.17, 15) is 4.79 Å². The van der Waals surface area contributed by atoms with Crippen molar-refractivity contribution in [3.63, 3.8) is 0 Å². The maximum atomic E-state index is 12.7. The lowest BCUT2D eigenvalue weighted by Crippen LogP contribution is -2.39. The summed E-state index contributed by atoms with van der Waals surface area (Å²) in [6.07, 6.45) is 6.08. The van der Waals surface area contributed by atoms with Gasteiger partial charge in [-0.3, -0.25) is 9.79 Å². The van der Waals surface area contributed by atoms with Crippen molar-refractivity contribution in [3.05, 3.63) is 35.4 Å². The molecule has 27 heavy (non-hydrogen) atoms. The predicted octanol–water partition coefficient (Wildman–Crippen LogP) is 3.49. The number of halogens is 1. The Hall–Kier alpha value is -0.960. The zero-order valence-corrected chi connectivity index (χ0v) is 19.2. The highest BCUT2D eigenvalue weighted by molar-refractivity contribution is 14.0. The quantitative estimate of drug-likeness (QED) is 0.368. The van der Waals surface area contributed by atoms with Crippen molar-refractivity contribution in [2.24, 2.45) is 4.99 Å². The lowest BCUT2D eigenvalue weighted by molar-refractivity contribution is 0.0724. The Kier molecular flexibility index (Phi) is 9.75. The first kappa shape index (κ1) is 22.3. The summed E-state index contributed by atoms with van der Waals surface area (Å²) in [5, 5.41) is 7.47. The van der Waals surface area contributed by atoms with Gasteiger partial charge in [0, 0.05) is 44.0 Å². The fraction of sp³-hybridized carbons (Fsp3) is 0.600. The molecule has 0 aliphatic carbocycles. The van der Waals surface area contributed by atoms with E-state index in [1.807, 2.05) is 34.9 Å². The monoisotopic (exact) mass is 502 g/mol. The van der Waals surface area contributed by atoms with Crippen LogP contribution in [0.4, 0.5) is 0 Å². The number of benzene rings is 1. The third kappa shape index (κ3) is 6.85. The van der Waals surface area contributed by atoms with Gasteiger partial charge in [0.1, 0.15) is 0 Å². The number of thioether (sulfide) groups is 1. The van der Waals surface area contributed by atoms with Crippen LogP contribution in [0.2, 0.25) is 0 Å². The molecule has 0 aromatic heterocycles. The number of nitrogens with zero attached hydrogens (tertiary/aromatic N) is 2. The molecule has 2 heterocycles. The maximum absolute atomic E-state index is 12.7. The number of carbonyl (C=O) groups excluding carboxylic acids is 1. The van der Waals surface area contributed by atoms with E-state index in [4.69, 9.17) is 0 Å². The summed E-state index contributed by atoms with van der Waals surface area (Å²) in [5.74, 6) is 2.26. The lowest BCUT2D eigenvalue weighted by Gasteiger charge is -2.26. The van der Waals surface area contributed by atoms with Gasteiger partial charge in [0.05, 0.1) is 0 Å². The standard InChI is InChI=1S/C20H30N4OS.HI/c1-21-20(23-15-18-9-6-12-26-18)22-14-16-7-5-8-17(13-16)19(25)24-10-3-2-4-11-24;/h5,7-8,13,18H,2-4,6,9-12,14-15H2,1H3,(H2,21,22,23);1H. The van der Waals surface area contributed by atoms with Gasteiger partial charge < -0.3 is 15.5 Å². The number of rotatable bonds is 5. The van der Waals surface area contributed by atoms with E-state index in [2.05, 4.69) is 21.7 Å². The average Bonchev–Trinajstić information content (AvgIpc) is 3.22. The Morgan fingerprint density at radius 1 is 1.22 bits per heavy atom. The molecular formula is C20H31IN4OS. The molecule has 1 atom stereocenters. The summed E-state index contributed by atoms with van der Waals surface area (Å²) in [4.78, 5) is 18.9. The summed E-state index contributed by atoms with van der Waals surface area (Å²) in [5.41, 5.74) is 1.89. The second-order valence-electron chi connectivity index (χ2n) is 6.99. The molecule has 1 aromatic rings. The molecule has 2 N–H and O–H groups in total. The molecule has 150 valence electrons. The van der Waals surface area contributed by atoms with Gasteiger partial charge in [0.25, 0.3) is 5.91 Å². The van der Waals surface area contributed by atoms with Crippen molar-refractivity contribution in [3.8, 4) is 0 Å². The number of amides is 1. The third-order valence-electron chi connectivity index (χ3n) is 5.02. The van der Waals surface area contributed by atoms with Crippen molar-refractivity contribution in [1.82, 2.24) is 15.5 Å². The molecule has 2 aliphatic heterocycles. The number of piperidine rings is 1. The van der Waals surface area contributed by atoms with E-state index in [1.165, 1.54) is 25.0 Å². The Balaban J connectivity index is 0.00000261. The Morgan fingerprint density at radius 3 is 2.74 bits per heavy atom. The number of hydrogen-bond acceptors (Lipinski definition) is 3. The molecule has 1 amide bonds. The molecular weight excluding hydrogens is 471 g/mol. The molecule has 0 radical (unpaired) electrons. The second-order valence-corrected chi connectivity index (χ2v) is 8.40. The minimum Gasteiger partial charge on any atom is -0.355 e. The van der Waals surface area contributed by atoms with Gasteiger partial charge in [-0.1, -0.05) is 12.1 Å². The van der Waals surface area contributed by atoms with Crippen molar-refractivity contribution < 1.29 is 4.79 Å². The smallest absolute Gasteiger partial charge is 0.253 e. The maximum Gasteiger partial charge on any atom is 0.253 e. The first-order valence-corrected chi connectivity index (χ1v) is 10.8. The summed E-state index contributed by atoms with van der Waals surface area (Å²) in [6.45, 7) is 3.39. The molecule has 2 fully saturated rings. The summed E-state index contributed by atoms with van der Waals surface area (Å²) >= 11 is 2.04. The van der Waals surface area contributed by atoms with Crippen LogP contribution in [0.15, 0.2) is 29.3 Å². The van der Waals surface area contributed by atoms with Crippen LogP contribution < -0.4 is 10.6 Å². The summed E-state index contributed by atoms with van der Waals surface area (Å²) in [6, 6.07) is 7.95. The first-order chi connectivity index (χ1) is 12.8. The number of hydrogen-bond donors (Lipinski definition) is 2. The van der Waals surface area contributed by atoms with Crippen molar-refractivity contribution in [2.75, 3.05) is 32.4 Å². The van der Waals surface area contributed by atoms with Gasteiger partial charge in [0.15, 0.2) is 5.96 Å². The summed E-state index contributed by atoms with van der Waals surface area (Å²) < 4.78 is 0. The van der Waals surface area contributed by atoms with Crippen molar-refractivity contribution in [1.29, 1.82) is 0 Å².